The summed E-state index contributed by atoms with van der Waals surface area (Å²) in [6.07, 6.45) is 1.00. The van der Waals surface area contributed by atoms with Crippen LogP contribution in [0, 0.1) is 6.92 Å². The van der Waals surface area contributed by atoms with Gasteiger partial charge in [-0.25, -0.2) is 0 Å². The number of rotatable bonds is 3. The van der Waals surface area contributed by atoms with E-state index in [-0.39, 0.29) is 5.91 Å². The SMILES string of the molecule is Cc1cc(NC(=O)CN2c3ccccc3CC2C)ccc1Br. The number of nitrogens with one attached hydrogen (secondary N) is 1. The zero-order valence-corrected chi connectivity index (χ0v) is 14.4. The Morgan fingerprint density at radius 3 is 2.86 bits per heavy atom. The zero-order chi connectivity index (χ0) is 15.7. The van der Waals surface area contributed by atoms with E-state index >= 15 is 0 Å². The van der Waals surface area contributed by atoms with Gasteiger partial charge in [-0.1, -0.05) is 34.1 Å². The summed E-state index contributed by atoms with van der Waals surface area (Å²) in [6.45, 7) is 4.56. The predicted octanol–water partition coefficient (Wildman–Crippen LogP) is 4.15. The van der Waals surface area contributed by atoms with Crippen LogP contribution in [0.3, 0.4) is 0 Å². The zero-order valence-electron chi connectivity index (χ0n) is 12.8. The van der Waals surface area contributed by atoms with Crippen molar-refractivity contribution in [1.29, 1.82) is 0 Å². The van der Waals surface area contributed by atoms with Crippen LogP contribution in [0.5, 0.6) is 0 Å². The summed E-state index contributed by atoms with van der Waals surface area (Å²) in [4.78, 5) is 14.5. The molecule has 1 aliphatic rings. The van der Waals surface area contributed by atoms with Crippen molar-refractivity contribution in [3.8, 4) is 0 Å². The Bertz CT molecular complexity index is 714. The molecule has 0 spiro atoms. The normalized spacial score (nSPS) is 16.5. The van der Waals surface area contributed by atoms with E-state index in [2.05, 4.69) is 51.3 Å². The maximum atomic E-state index is 12.4. The van der Waals surface area contributed by atoms with E-state index in [0.29, 0.717) is 12.6 Å². The van der Waals surface area contributed by atoms with Crippen LogP contribution >= 0.6 is 15.9 Å². The molecule has 4 heteroatoms. The number of aryl methyl sites for hydroxylation is 1. The molecular formula is C18H19BrN2O. The molecule has 1 aliphatic heterocycles. The van der Waals surface area contributed by atoms with Crippen molar-refractivity contribution in [3.05, 3.63) is 58.1 Å². The number of carbonyl (C=O) groups is 1. The molecular weight excluding hydrogens is 340 g/mol. The molecule has 0 bridgehead atoms. The van der Waals surface area contributed by atoms with Gasteiger partial charge in [0, 0.05) is 21.9 Å². The van der Waals surface area contributed by atoms with Crippen LogP contribution in [-0.4, -0.2) is 18.5 Å². The second-order valence-electron chi connectivity index (χ2n) is 5.82. The van der Waals surface area contributed by atoms with Crippen LogP contribution in [-0.2, 0) is 11.2 Å². The van der Waals surface area contributed by atoms with Crippen LogP contribution in [0.2, 0.25) is 0 Å². The Kier molecular flexibility index (Phi) is 4.21. The van der Waals surface area contributed by atoms with Crippen molar-refractivity contribution < 1.29 is 4.79 Å². The molecule has 2 aromatic rings. The fraction of sp³-hybridized carbons (Fsp3) is 0.278. The summed E-state index contributed by atoms with van der Waals surface area (Å²) in [6, 6.07) is 14.5. The molecule has 0 radical (unpaired) electrons. The van der Waals surface area contributed by atoms with Crippen molar-refractivity contribution in [1.82, 2.24) is 0 Å². The number of fused-ring (bicyclic) bond motifs is 1. The first-order valence-corrected chi connectivity index (χ1v) is 8.24. The molecule has 0 fully saturated rings. The number of benzene rings is 2. The van der Waals surface area contributed by atoms with Crippen LogP contribution in [0.1, 0.15) is 18.1 Å². The Hall–Kier alpha value is -1.81. The largest absolute Gasteiger partial charge is 0.359 e. The molecule has 3 rings (SSSR count). The monoisotopic (exact) mass is 358 g/mol. The number of hydrogen-bond acceptors (Lipinski definition) is 2. The minimum Gasteiger partial charge on any atom is -0.359 e. The van der Waals surface area contributed by atoms with Gasteiger partial charge in [-0.3, -0.25) is 4.79 Å². The van der Waals surface area contributed by atoms with Crippen molar-refractivity contribution in [2.24, 2.45) is 0 Å². The second kappa shape index (κ2) is 6.13. The maximum Gasteiger partial charge on any atom is 0.243 e. The number of para-hydroxylation sites is 1. The molecule has 3 nitrogen and oxygen atoms in total. The summed E-state index contributed by atoms with van der Waals surface area (Å²) in [5.74, 6) is 0.0188. The van der Waals surface area contributed by atoms with Crippen LogP contribution in [0.25, 0.3) is 0 Å². The summed E-state index contributed by atoms with van der Waals surface area (Å²) < 4.78 is 1.05. The molecule has 1 atom stereocenters. The molecule has 0 aliphatic carbocycles. The smallest absolute Gasteiger partial charge is 0.243 e. The topological polar surface area (TPSA) is 32.3 Å². The third kappa shape index (κ3) is 3.02. The van der Waals surface area contributed by atoms with E-state index in [1.807, 2.05) is 31.2 Å². The molecule has 1 N–H and O–H groups in total. The van der Waals surface area contributed by atoms with E-state index < -0.39 is 0 Å². The van der Waals surface area contributed by atoms with Gasteiger partial charge in [0.15, 0.2) is 0 Å². The highest BCUT2D eigenvalue weighted by molar-refractivity contribution is 9.10. The summed E-state index contributed by atoms with van der Waals surface area (Å²) in [5, 5.41) is 2.99. The van der Waals surface area contributed by atoms with Gasteiger partial charge in [-0.15, -0.1) is 0 Å². The molecule has 0 saturated carbocycles. The summed E-state index contributed by atoms with van der Waals surface area (Å²) in [5.41, 5.74) is 4.45. The fourth-order valence-electron chi connectivity index (χ4n) is 2.95. The van der Waals surface area contributed by atoms with Gasteiger partial charge in [0.2, 0.25) is 5.91 Å². The van der Waals surface area contributed by atoms with Gasteiger partial charge in [-0.2, -0.15) is 0 Å². The van der Waals surface area contributed by atoms with Gasteiger partial charge >= 0.3 is 0 Å². The fourth-order valence-corrected chi connectivity index (χ4v) is 3.19. The number of halogens is 1. The molecule has 1 heterocycles. The molecule has 22 heavy (non-hydrogen) atoms. The lowest BCUT2D eigenvalue weighted by Gasteiger charge is -2.24. The van der Waals surface area contributed by atoms with Gasteiger partial charge in [0.25, 0.3) is 0 Å². The lowest BCUT2D eigenvalue weighted by atomic mass is 10.1. The molecule has 0 aromatic heterocycles. The highest BCUT2D eigenvalue weighted by Crippen LogP contribution is 2.31. The first-order chi connectivity index (χ1) is 10.5. The highest BCUT2D eigenvalue weighted by Gasteiger charge is 2.26. The number of amides is 1. The van der Waals surface area contributed by atoms with E-state index in [1.54, 1.807) is 0 Å². The molecule has 114 valence electrons. The minimum atomic E-state index is 0.0188. The number of nitrogens with zero attached hydrogens (tertiary/aromatic N) is 1. The molecule has 2 aromatic carbocycles. The summed E-state index contributed by atoms with van der Waals surface area (Å²) >= 11 is 3.47. The van der Waals surface area contributed by atoms with E-state index in [1.165, 1.54) is 11.3 Å². The van der Waals surface area contributed by atoms with Gasteiger partial charge in [0.05, 0.1) is 6.54 Å². The average Bonchev–Trinajstić information content (AvgIpc) is 2.79. The minimum absolute atomic E-state index is 0.0188. The number of carbonyl (C=O) groups excluding carboxylic acids is 1. The number of anilines is 2. The van der Waals surface area contributed by atoms with Gasteiger partial charge < -0.3 is 10.2 Å². The first kappa shape index (κ1) is 15.1. The Morgan fingerprint density at radius 2 is 2.09 bits per heavy atom. The molecule has 0 saturated heterocycles. The lowest BCUT2D eigenvalue weighted by molar-refractivity contribution is -0.115. The predicted molar refractivity (Wildman–Crippen MR) is 94.5 cm³/mol. The number of hydrogen-bond donors (Lipinski definition) is 1. The molecule has 1 amide bonds. The molecule has 1 unspecified atom stereocenters. The third-order valence-electron chi connectivity index (χ3n) is 4.10. The van der Waals surface area contributed by atoms with Crippen molar-refractivity contribution in [2.45, 2.75) is 26.3 Å². The second-order valence-corrected chi connectivity index (χ2v) is 6.68. The van der Waals surface area contributed by atoms with Crippen molar-refractivity contribution in [3.63, 3.8) is 0 Å². The van der Waals surface area contributed by atoms with E-state index in [4.69, 9.17) is 0 Å². The lowest BCUT2D eigenvalue weighted by Crippen LogP contribution is -2.37. The standard InChI is InChI=1S/C18H19BrN2O/c1-12-9-15(7-8-16(12)19)20-18(22)11-21-13(2)10-14-5-3-4-6-17(14)21/h3-9,13H,10-11H2,1-2H3,(H,20,22). The third-order valence-corrected chi connectivity index (χ3v) is 4.99. The van der Waals surface area contributed by atoms with E-state index in [0.717, 1.165) is 22.1 Å². The first-order valence-electron chi connectivity index (χ1n) is 7.45. The Balaban J connectivity index is 1.70. The van der Waals surface area contributed by atoms with E-state index in [9.17, 15) is 4.79 Å². The van der Waals surface area contributed by atoms with Crippen LogP contribution in [0.15, 0.2) is 46.9 Å². The van der Waals surface area contributed by atoms with Gasteiger partial charge in [-0.05, 0) is 55.7 Å². The highest BCUT2D eigenvalue weighted by atomic mass is 79.9. The van der Waals surface area contributed by atoms with Crippen LogP contribution < -0.4 is 10.2 Å². The average molecular weight is 359 g/mol. The van der Waals surface area contributed by atoms with Crippen LogP contribution in [0.4, 0.5) is 11.4 Å². The van der Waals surface area contributed by atoms with Crippen molar-refractivity contribution >= 4 is 33.2 Å². The van der Waals surface area contributed by atoms with Crippen molar-refractivity contribution in [2.75, 3.05) is 16.8 Å². The van der Waals surface area contributed by atoms with Gasteiger partial charge in [0.1, 0.15) is 0 Å². The quantitative estimate of drug-likeness (QED) is 0.893. The Labute approximate surface area is 139 Å². The Morgan fingerprint density at radius 1 is 1.32 bits per heavy atom. The maximum absolute atomic E-state index is 12.4. The summed E-state index contributed by atoms with van der Waals surface area (Å²) in [7, 11) is 0.